The van der Waals surface area contributed by atoms with Crippen LogP contribution in [0.3, 0.4) is 0 Å². The molecule has 1 aromatic carbocycles. The van der Waals surface area contributed by atoms with Gasteiger partial charge in [-0.15, -0.1) is 0 Å². The molecule has 0 bridgehead atoms. The molecule has 0 saturated carbocycles. The second-order valence-electron chi connectivity index (χ2n) is 5.18. The number of fused-ring (bicyclic) bond motifs is 1. The first kappa shape index (κ1) is 15.4. The van der Waals surface area contributed by atoms with E-state index in [4.69, 9.17) is 4.74 Å². The summed E-state index contributed by atoms with van der Waals surface area (Å²) < 4.78 is 5.71. The molecular formula is C17H24N2O2. The largest absolute Gasteiger partial charge is 0.490 e. The van der Waals surface area contributed by atoms with Gasteiger partial charge in [0.25, 0.3) is 0 Å². The lowest BCUT2D eigenvalue weighted by Gasteiger charge is -2.32. The highest BCUT2D eigenvalue weighted by Crippen LogP contribution is 2.32. The number of hydrogen-bond acceptors (Lipinski definition) is 4. The first-order valence-electron chi connectivity index (χ1n) is 7.61. The Morgan fingerprint density at radius 3 is 3.05 bits per heavy atom. The van der Waals surface area contributed by atoms with E-state index in [2.05, 4.69) is 36.2 Å². The second-order valence-corrected chi connectivity index (χ2v) is 5.18. The van der Waals surface area contributed by atoms with Crippen LogP contribution >= 0.6 is 0 Å². The summed E-state index contributed by atoms with van der Waals surface area (Å²) in [7, 11) is 0. The Hall–Kier alpha value is -1.97. The van der Waals surface area contributed by atoms with E-state index in [-0.39, 0.29) is 0 Å². The molecule has 0 atom stereocenters. The molecule has 1 N–H and O–H groups in total. The monoisotopic (exact) mass is 288 g/mol. The fourth-order valence-electron chi connectivity index (χ4n) is 2.45. The molecule has 4 heteroatoms. The molecule has 0 aliphatic carbocycles. The van der Waals surface area contributed by atoms with Crippen LogP contribution < -0.4 is 15.0 Å². The van der Waals surface area contributed by atoms with Crippen molar-refractivity contribution in [2.45, 2.75) is 26.7 Å². The van der Waals surface area contributed by atoms with Crippen LogP contribution in [0.5, 0.6) is 5.75 Å². The third-order valence-corrected chi connectivity index (χ3v) is 3.61. The highest BCUT2D eigenvalue weighted by molar-refractivity contribution is 5.65. The number of ether oxygens (including phenoxy) is 1. The Labute approximate surface area is 126 Å². The first-order chi connectivity index (χ1) is 10.3. The summed E-state index contributed by atoms with van der Waals surface area (Å²) in [4.78, 5) is 13.0. The fourth-order valence-corrected chi connectivity index (χ4v) is 2.45. The van der Waals surface area contributed by atoms with Crippen molar-refractivity contribution in [3.8, 4) is 5.75 Å². The van der Waals surface area contributed by atoms with E-state index in [1.165, 1.54) is 5.70 Å². The molecule has 4 nitrogen and oxygen atoms in total. The van der Waals surface area contributed by atoms with Gasteiger partial charge in [-0.2, -0.15) is 0 Å². The average Bonchev–Trinajstić information content (AvgIpc) is 2.52. The second kappa shape index (κ2) is 7.72. The van der Waals surface area contributed by atoms with E-state index in [9.17, 15) is 4.79 Å². The predicted molar refractivity (Wildman–Crippen MR) is 86.0 cm³/mol. The molecule has 2 rings (SSSR count). The number of hydrogen-bond donors (Lipinski definition) is 1. The molecule has 0 fully saturated rings. The number of rotatable bonds is 7. The minimum atomic E-state index is 0.450. The minimum absolute atomic E-state index is 0.450. The molecule has 0 spiro atoms. The van der Waals surface area contributed by atoms with Gasteiger partial charge in [-0.1, -0.05) is 19.1 Å². The van der Waals surface area contributed by atoms with Gasteiger partial charge >= 0.3 is 0 Å². The summed E-state index contributed by atoms with van der Waals surface area (Å²) in [6, 6.07) is 5.99. The van der Waals surface area contributed by atoms with Gasteiger partial charge in [0.15, 0.2) is 0 Å². The predicted octanol–water partition coefficient (Wildman–Crippen LogP) is 2.53. The zero-order valence-electron chi connectivity index (χ0n) is 12.9. The summed E-state index contributed by atoms with van der Waals surface area (Å²) in [5.74, 6) is 0.904. The molecule has 114 valence electrons. The summed E-state index contributed by atoms with van der Waals surface area (Å²) in [6.07, 6.45) is 4.63. The normalized spacial score (nSPS) is 14.4. The van der Waals surface area contributed by atoms with Crippen molar-refractivity contribution in [1.82, 2.24) is 5.32 Å². The van der Waals surface area contributed by atoms with E-state index >= 15 is 0 Å². The maximum absolute atomic E-state index is 10.7. The molecule has 1 aliphatic heterocycles. The molecule has 1 aromatic rings. The van der Waals surface area contributed by atoms with Crippen molar-refractivity contribution < 1.29 is 9.53 Å². The van der Waals surface area contributed by atoms with Crippen LogP contribution in [0.15, 0.2) is 30.0 Å². The quantitative estimate of drug-likeness (QED) is 0.783. The highest BCUT2D eigenvalue weighted by atomic mass is 16.5. The Kier molecular flexibility index (Phi) is 5.67. The Morgan fingerprint density at radius 2 is 2.33 bits per heavy atom. The zero-order valence-corrected chi connectivity index (χ0v) is 12.9. The number of allylic oxidation sites excluding steroid dienone is 1. The van der Waals surface area contributed by atoms with Gasteiger partial charge < -0.3 is 19.7 Å². The molecule has 21 heavy (non-hydrogen) atoms. The van der Waals surface area contributed by atoms with Crippen molar-refractivity contribution in [1.29, 1.82) is 0 Å². The molecule has 0 radical (unpaired) electrons. The number of anilines is 1. The number of aldehydes is 1. The van der Waals surface area contributed by atoms with Crippen molar-refractivity contribution in [3.63, 3.8) is 0 Å². The lowest BCUT2D eigenvalue weighted by Crippen LogP contribution is -2.37. The van der Waals surface area contributed by atoms with Crippen LogP contribution in [0, 0.1) is 0 Å². The van der Waals surface area contributed by atoms with Gasteiger partial charge in [0.1, 0.15) is 18.6 Å². The van der Waals surface area contributed by atoms with Crippen molar-refractivity contribution in [3.05, 3.63) is 35.5 Å². The molecule has 0 aromatic heterocycles. The van der Waals surface area contributed by atoms with Gasteiger partial charge in [0, 0.05) is 18.7 Å². The van der Waals surface area contributed by atoms with Crippen molar-refractivity contribution in [2.75, 3.05) is 31.1 Å². The number of nitrogens with zero attached hydrogens (tertiary/aromatic N) is 1. The molecular weight excluding hydrogens is 264 g/mol. The Bertz CT molecular complexity index is 512. The lowest BCUT2D eigenvalue weighted by molar-refractivity contribution is -0.107. The molecule has 1 heterocycles. The van der Waals surface area contributed by atoms with Gasteiger partial charge in [-0.3, -0.25) is 0 Å². The van der Waals surface area contributed by atoms with E-state index in [1.807, 2.05) is 12.1 Å². The zero-order chi connectivity index (χ0) is 15.1. The first-order valence-corrected chi connectivity index (χ1v) is 7.61. The van der Waals surface area contributed by atoms with E-state index in [0.29, 0.717) is 13.0 Å². The SMILES string of the molecule is C/C=C(/CN1CCOc2ccc(CC=O)cc21)NCCC. The lowest BCUT2D eigenvalue weighted by atomic mass is 10.1. The van der Waals surface area contributed by atoms with Crippen molar-refractivity contribution in [2.24, 2.45) is 0 Å². The van der Waals surface area contributed by atoms with Crippen LogP contribution in [-0.4, -0.2) is 32.5 Å². The van der Waals surface area contributed by atoms with Gasteiger partial charge in [0.05, 0.1) is 18.8 Å². The van der Waals surface area contributed by atoms with E-state index < -0.39 is 0 Å². The Balaban J connectivity index is 2.16. The third-order valence-electron chi connectivity index (χ3n) is 3.61. The van der Waals surface area contributed by atoms with Gasteiger partial charge in [-0.05, 0) is 31.0 Å². The van der Waals surface area contributed by atoms with Crippen LogP contribution in [0.25, 0.3) is 0 Å². The van der Waals surface area contributed by atoms with Crippen LogP contribution in [0.4, 0.5) is 5.69 Å². The van der Waals surface area contributed by atoms with E-state index in [1.54, 1.807) is 0 Å². The maximum atomic E-state index is 10.7. The summed E-state index contributed by atoms with van der Waals surface area (Å²) in [6.45, 7) is 7.62. The molecule has 0 saturated heterocycles. The summed E-state index contributed by atoms with van der Waals surface area (Å²) in [5.41, 5.74) is 3.34. The third kappa shape index (κ3) is 4.00. The molecule has 1 aliphatic rings. The van der Waals surface area contributed by atoms with Crippen LogP contribution in [-0.2, 0) is 11.2 Å². The fraction of sp³-hybridized carbons (Fsp3) is 0.471. The maximum Gasteiger partial charge on any atom is 0.142 e. The Morgan fingerprint density at radius 1 is 1.48 bits per heavy atom. The minimum Gasteiger partial charge on any atom is -0.490 e. The number of carbonyl (C=O) groups excluding carboxylic acids is 1. The standard InChI is InChI=1S/C17H24N2O2/c1-3-8-18-15(4-2)13-19-9-11-21-17-6-5-14(7-10-20)12-16(17)19/h4-6,10,12,18H,3,7-9,11,13H2,1-2H3/b15-4-. The molecule has 0 unspecified atom stereocenters. The van der Waals surface area contributed by atoms with Gasteiger partial charge in [0.2, 0.25) is 0 Å². The van der Waals surface area contributed by atoms with Gasteiger partial charge in [-0.25, -0.2) is 0 Å². The smallest absolute Gasteiger partial charge is 0.142 e. The van der Waals surface area contributed by atoms with Crippen LogP contribution in [0.1, 0.15) is 25.8 Å². The molecule has 0 amide bonds. The average molecular weight is 288 g/mol. The number of nitrogens with one attached hydrogen (secondary N) is 1. The topological polar surface area (TPSA) is 41.6 Å². The van der Waals surface area contributed by atoms with E-state index in [0.717, 1.165) is 49.3 Å². The summed E-state index contributed by atoms with van der Waals surface area (Å²) >= 11 is 0. The van der Waals surface area contributed by atoms with Crippen LogP contribution in [0.2, 0.25) is 0 Å². The highest BCUT2D eigenvalue weighted by Gasteiger charge is 2.19. The summed E-state index contributed by atoms with van der Waals surface area (Å²) in [5, 5.41) is 3.46. The number of carbonyl (C=O) groups is 1. The number of benzene rings is 1. The van der Waals surface area contributed by atoms with Crippen molar-refractivity contribution >= 4 is 12.0 Å².